The molecule has 0 aliphatic carbocycles. The van der Waals surface area contributed by atoms with E-state index in [2.05, 4.69) is 4.74 Å². The molecule has 0 saturated carbocycles. The number of rotatable bonds is 2. The maximum absolute atomic E-state index is 11.6. The van der Waals surface area contributed by atoms with Gasteiger partial charge in [-0.2, -0.15) is 0 Å². The van der Waals surface area contributed by atoms with E-state index in [-0.39, 0.29) is 12.4 Å². The third-order valence-corrected chi connectivity index (χ3v) is 2.53. The Kier molecular flexibility index (Phi) is 2.91. The molecule has 1 saturated heterocycles. The smallest absolute Gasteiger partial charge is 0.397 e. The highest BCUT2D eigenvalue weighted by Gasteiger charge is 2.29. The van der Waals surface area contributed by atoms with Gasteiger partial charge >= 0.3 is 11.9 Å². The molecular formula is C12H11NO4. The van der Waals surface area contributed by atoms with Crippen molar-refractivity contribution in [2.24, 2.45) is 0 Å². The number of hydrogen-bond donors (Lipinski definition) is 0. The van der Waals surface area contributed by atoms with Crippen molar-refractivity contribution >= 4 is 23.3 Å². The van der Waals surface area contributed by atoms with Crippen LogP contribution in [0.4, 0.5) is 5.69 Å². The molecule has 0 bridgehead atoms. The number of morpholine rings is 1. The monoisotopic (exact) mass is 233 g/mol. The van der Waals surface area contributed by atoms with Gasteiger partial charge in [-0.05, 0) is 19.1 Å². The molecule has 1 heterocycles. The summed E-state index contributed by atoms with van der Waals surface area (Å²) in [6, 6.07) is 6.62. The maximum Gasteiger partial charge on any atom is 0.397 e. The largest absolute Gasteiger partial charge is 0.457 e. The predicted octanol–water partition coefficient (Wildman–Crippen LogP) is 0.779. The summed E-state index contributed by atoms with van der Waals surface area (Å²) in [4.78, 5) is 35.2. The van der Waals surface area contributed by atoms with Gasteiger partial charge in [0, 0.05) is 11.3 Å². The number of benzene rings is 1. The van der Waals surface area contributed by atoms with E-state index in [1.165, 1.54) is 11.8 Å². The summed E-state index contributed by atoms with van der Waals surface area (Å²) in [5.41, 5.74) is 1.05. The van der Waals surface area contributed by atoms with Crippen LogP contribution in [-0.4, -0.2) is 30.8 Å². The lowest BCUT2D eigenvalue weighted by Gasteiger charge is -2.25. The molecular weight excluding hydrogens is 222 g/mol. The number of hydrogen-bond acceptors (Lipinski definition) is 4. The molecule has 0 aromatic heterocycles. The molecule has 2 rings (SSSR count). The Morgan fingerprint density at radius 1 is 1.35 bits per heavy atom. The quantitative estimate of drug-likeness (QED) is 0.430. The first kappa shape index (κ1) is 11.3. The van der Waals surface area contributed by atoms with Crippen LogP contribution in [0.25, 0.3) is 0 Å². The maximum atomic E-state index is 11.6. The number of carbonyl (C=O) groups is 3. The second-order valence-corrected chi connectivity index (χ2v) is 3.70. The Morgan fingerprint density at radius 3 is 2.82 bits per heavy atom. The van der Waals surface area contributed by atoms with E-state index in [1.807, 2.05) is 0 Å². The summed E-state index contributed by atoms with van der Waals surface area (Å²) >= 11 is 0. The number of cyclic esters (lactones) is 1. The third kappa shape index (κ3) is 2.18. The molecule has 1 fully saturated rings. The van der Waals surface area contributed by atoms with Gasteiger partial charge in [-0.15, -0.1) is 0 Å². The molecule has 1 aromatic rings. The number of ketones is 1. The minimum absolute atomic E-state index is 0.0844. The molecule has 5 heteroatoms. The van der Waals surface area contributed by atoms with Crippen molar-refractivity contribution < 1.29 is 19.1 Å². The third-order valence-electron chi connectivity index (χ3n) is 2.53. The highest BCUT2D eigenvalue weighted by atomic mass is 16.5. The summed E-state index contributed by atoms with van der Waals surface area (Å²) in [6.07, 6.45) is 0. The first-order valence-electron chi connectivity index (χ1n) is 5.19. The minimum atomic E-state index is -0.857. The molecule has 0 spiro atoms. The van der Waals surface area contributed by atoms with Crippen molar-refractivity contribution in [1.29, 1.82) is 0 Å². The average molecular weight is 233 g/mol. The molecule has 0 atom stereocenters. The van der Waals surface area contributed by atoms with Gasteiger partial charge in [-0.1, -0.05) is 12.1 Å². The lowest BCUT2D eigenvalue weighted by molar-refractivity contribution is -0.156. The standard InChI is InChI=1S/C12H11NO4/c1-8(14)9-3-2-4-10(7-9)13-5-6-17-12(16)11(13)15/h2-4,7H,5-6H2,1H3. The Labute approximate surface area is 98.0 Å². The van der Waals surface area contributed by atoms with E-state index in [9.17, 15) is 14.4 Å². The van der Waals surface area contributed by atoms with Crippen LogP contribution in [0.2, 0.25) is 0 Å². The number of Topliss-reactive ketones (excluding diaryl/α,β-unsaturated/α-hetero) is 1. The highest BCUT2D eigenvalue weighted by Crippen LogP contribution is 2.18. The average Bonchev–Trinajstić information content (AvgIpc) is 2.33. The Bertz CT molecular complexity index is 495. The van der Waals surface area contributed by atoms with Crippen molar-refractivity contribution in [2.45, 2.75) is 6.92 Å². The van der Waals surface area contributed by atoms with Gasteiger partial charge in [0.15, 0.2) is 5.78 Å². The van der Waals surface area contributed by atoms with Crippen molar-refractivity contribution in [1.82, 2.24) is 0 Å². The summed E-state index contributed by atoms with van der Waals surface area (Å²) in [5, 5.41) is 0. The second kappa shape index (κ2) is 4.37. The fourth-order valence-corrected chi connectivity index (χ4v) is 1.64. The molecule has 5 nitrogen and oxygen atoms in total. The number of ether oxygens (including phenoxy) is 1. The summed E-state index contributed by atoms with van der Waals surface area (Å²) in [7, 11) is 0. The van der Waals surface area contributed by atoms with E-state index >= 15 is 0 Å². The predicted molar refractivity (Wildman–Crippen MR) is 59.8 cm³/mol. The van der Waals surface area contributed by atoms with Crippen molar-refractivity contribution in [3.8, 4) is 0 Å². The van der Waals surface area contributed by atoms with Crippen molar-refractivity contribution in [3.63, 3.8) is 0 Å². The molecule has 0 unspecified atom stereocenters. The highest BCUT2D eigenvalue weighted by molar-refractivity contribution is 6.38. The van der Waals surface area contributed by atoms with Gasteiger partial charge in [0.1, 0.15) is 6.61 Å². The Morgan fingerprint density at radius 2 is 2.12 bits per heavy atom. The van der Waals surface area contributed by atoms with Crippen LogP contribution in [0, 0.1) is 0 Å². The van der Waals surface area contributed by atoms with Crippen LogP contribution >= 0.6 is 0 Å². The topological polar surface area (TPSA) is 63.7 Å². The van der Waals surface area contributed by atoms with E-state index in [4.69, 9.17) is 0 Å². The van der Waals surface area contributed by atoms with Crippen LogP contribution in [0.15, 0.2) is 24.3 Å². The molecule has 1 aliphatic rings. The van der Waals surface area contributed by atoms with Crippen molar-refractivity contribution in [3.05, 3.63) is 29.8 Å². The van der Waals surface area contributed by atoms with Crippen LogP contribution in [0.3, 0.4) is 0 Å². The lowest BCUT2D eigenvalue weighted by Crippen LogP contribution is -2.45. The number of carbonyl (C=O) groups excluding carboxylic acids is 3. The summed E-state index contributed by atoms with van der Waals surface area (Å²) < 4.78 is 4.62. The van der Waals surface area contributed by atoms with Gasteiger partial charge in [0.25, 0.3) is 0 Å². The first-order chi connectivity index (χ1) is 8.09. The SMILES string of the molecule is CC(=O)c1cccc(N2CCOC(=O)C2=O)c1. The molecule has 1 amide bonds. The van der Waals surface area contributed by atoms with Gasteiger partial charge in [-0.3, -0.25) is 14.5 Å². The molecule has 17 heavy (non-hydrogen) atoms. The second-order valence-electron chi connectivity index (χ2n) is 3.70. The molecule has 1 aromatic carbocycles. The molecule has 0 radical (unpaired) electrons. The number of esters is 1. The minimum Gasteiger partial charge on any atom is -0.457 e. The van der Waals surface area contributed by atoms with Gasteiger partial charge in [0.05, 0.1) is 6.54 Å². The molecule has 88 valence electrons. The van der Waals surface area contributed by atoms with Gasteiger partial charge < -0.3 is 4.74 Å². The van der Waals surface area contributed by atoms with Crippen LogP contribution in [0.5, 0.6) is 0 Å². The van der Waals surface area contributed by atoms with E-state index in [0.717, 1.165) is 0 Å². The summed E-state index contributed by atoms with van der Waals surface area (Å²) in [6.45, 7) is 1.94. The van der Waals surface area contributed by atoms with Gasteiger partial charge in [0.2, 0.25) is 0 Å². The zero-order chi connectivity index (χ0) is 12.4. The van der Waals surface area contributed by atoms with E-state index in [1.54, 1.807) is 24.3 Å². The fourth-order valence-electron chi connectivity index (χ4n) is 1.64. The normalized spacial score (nSPS) is 15.7. The first-order valence-corrected chi connectivity index (χ1v) is 5.19. The number of anilines is 1. The van der Waals surface area contributed by atoms with Crippen LogP contribution in [0.1, 0.15) is 17.3 Å². The molecule has 0 N–H and O–H groups in total. The fraction of sp³-hybridized carbons (Fsp3) is 0.250. The Hall–Kier alpha value is -2.17. The van der Waals surface area contributed by atoms with Crippen LogP contribution < -0.4 is 4.90 Å². The zero-order valence-corrected chi connectivity index (χ0v) is 9.30. The lowest BCUT2D eigenvalue weighted by atomic mass is 10.1. The van der Waals surface area contributed by atoms with Crippen LogP contribution in [-0.2, 0) is 14.3 Å². The van der Waals surface area contributed by atoms with E-state index in [0.29, 0.717) is 17.8 Å². The van der Waals surface area contributed by atoms with E-state index < -0.39 is 11.9 Å². The van der Waals surface area contributed by atoms with Crippen molar-refractivity contribution in [2.75, 3.05) is 18.1 Å². The number of amides is 1. The zero-order valence-electron chi connectivity index (χ0n) is 9.30. The Balaban J connectivity index is 2.33. The number of nitrogens with zero attached hydrogens (tertiary/aromatic N) is 1. The van der Waals surface area contributed by atoms with Gasteiger partial charge in [-0.25, -0.2) is 4.79 Å². The molecule has 1 aliphatic heterocycles. The summed E-state index contributed by atoms with van der Waals surface area (Å²) in [5.74, 6) is -1.64.